The predicted molar refractivity (Wildman–Crippen MR) is 72.9 cm³/mol. The van der Waals surface area contributed by atoms with Crippen molar-refractivity contribution in [2.24, 2.45) is 0 Å². The second kappa shape index (κ2) is 7.94. The molecule has 0 aliphatic carbocycles. The third kappa shape index (κ3) is 4.98. The first kappa shape index (κ1) is 17.4. The van der Waals surface area contributed by atoms with E-state index in [2.05, 4.69) is 0 Å². The SMILES string of the molecule is COc1ccc(CC(=O)O)cc1C(O)OC(CO)C(C)O. The average molecular weight is 300 g/mol. The molecular formula is C14H20O7. The minimum absolute atomic E-state index is 0.205. The number of carboxylic acid groups (broad SMARTS) is 1. The van der Waals surface area contributed by atoms with Crippen molar-refractivity contribution in [2.75, 3.05) is 13.7 Å². The van der Waals surface area contributed by atoms with Crippen LogP contribution in [0.25, 0.3) is 0 Å². The van der Waals surface area contributed by atoms with Crippen molar-refractivity contribution in [2.45, 2.75) is 31.8 Å². The standard InChI is InChI=1S/C14H20O7/c1-8(16)12(7-15)21-14(19)10-5-9(6-13(17)18)3-4-11(10)20-2/h3-5,8,12,14-16,19H,6-7H2,1-2H3,(H,17,18). The number of rotatable bonds is 8. The zero-order chi connectivity index (χ0) is 16.0. The molecule has 118 valence electrons. The third-order valence-corrected chi connectivity index (χ3v) is 2.94. The van der Waals surface area contributed by atoms with Crippen molar-refractivity contribution in [1.82, 2.24) is 0 Å². The van der Waals surface area contributed by atoms with Crippen LogP contribution in [0.2, 0.25) is 0 Å². The number of methoxy groups -OCH3 is 1. The van der Waals surface area contributed by atoms with Crippen LogP contribution in [0.5, 0.6) is 5.75 Å². The second-order valence-corrected chi connectivity index (χ2v) is 4.60. The zero-order valence-electron chi connectivity index (χ0n) is 11.9. The lowest BCUT2D eigenvalue weighted by Gasteiger charge is -2.23. The molecule has 1 aromatic carbocycles. The molecule has 0 bridgehead atoms. The highest BCUT2D eigenvalue weighted by Crippen LogP contribution is 2.28. The normalized spacial score (nSPS) is 15.3. The fraction of sp³-hybridized carbons (Fsp3) is 0.500. The van der Waals surface area contributed by atoms with Crippen LogP contribution in [-0.2, 0) is 16.0 Å². The summed E-state index contributed by atoms with van der Waals surface area (Å²) >= 11 is 0. The summed E-state index contributed by atoms with van der Waals surface area (Å²) in [5, 5.41) is 37.3. The Morgan fingerprint density at radius 2 is 2.00 bits per heavy atom. The topological polar surface area (TPSA) is 116 Å². The van der Waals surface area contributed by atoms with Gasteiger partial charge in [-0.15, -0.1) is 0 Å². The van der Waals surface area contributed by atoms with Crippen molar-refractivity contribution < 1.29 is 34.7 Å². The molecule has 0 aliphatic rings. The smallest absolute Gasteiger partial charge is 0.307 e. The van der Waals surface area contributed by atoms with E-state index in [9.17, 15) is 15.0 Å². The van der Waals surface area contributed by atoms with Crippen molar-refractivity contribution >= 4 is 5.97 Å². The van der Waals surface area contributed by atoms with Crippen LogP contribution < -0.4 is 4.74 Å². The number of aliphatic carboxylic acids is 1. The Morgan fingerprint density at radius 1 is 1.33 bits per heavy atom. The molecule has 3 atom stereocenters. The summed E-state index contributed by atoms with van der Waals surface area (Å²) in [5.41, 5.74) is 0.703. The fourth-order valence-electron chi connectivity index (χ4n) is 1.81. The molecule has 1 rings (SSSR count). The molecule has 0 saturated heterocycles. The molecule has 21 heavy (non-hydrogen) atoms. The van der Waals surface area contributed by atoms with Gasteiger partial charge in [-0.2, -0.15) is 0 Å². The van der Waals surface area contributed by atoms with E-state index in [1.54, 1.807) is 6.07 Å². The van der Waals surface area contributed by atoms with Gasteiger partial charge >= 0.3 is 5.97 Å². The van der Waals surface area contributed by atoms with Crippen LogP contribution in [-0.4, -0.2) is 52.3 Å². The minimum Gasteiger partial charge on any atom is -0.496 e. The van der Waals surface area contributed by atoms with Crippen LogP contribution in [0.15, 0.2) is 18.2 Å². The summed E-state index contributed by atoms with van der Waals surface area (Å²) in [6.45, 7) is 0.956. The highest BCUT2D eigenvalue weighted by atomic mass is 16.6. The summed E-state index contributed by atoms with van der Waals surface area (Å²) < 4.78 is 10.3. The maximum atomic E-state index is 10.7. The molecule has 0 aliphatic heterocycles. The highest BCUT2D eigenvalue weighted by molar-refractivity contribution is 5.70. The number of hydrogen-bond acceptors (Lipinski definition) is 6. The Labute approximate surface area is 122 Å². The Morgan fingerprint density at radius 3 is 2.48 bits per heavy atom. The second-order valence-electron chi connectivity index (χ2n) is 4.60. The summed E-state index contributed by atoms with van der Waals surface area (Å²) in [6, 6.07) is 4.55. The number of hydrogen-bond donors (Lipinski definition) is 4. The number of aliphatic hydroxyl groups is 3. The first-order valence-electron chi connectivity index (χ1n) is 6.40. The Balaban J connectivity index is 2.99. The van der Waals surface area contributed by atoms with E-state index in [1.165, 1.54) is 26.2 Å². The van der Waals surface area contributed by atoms with Crippen LogP contribution in [0.3, 0.4) is 0 Å². The largest absolute Gasteiger partial charge is 0.496 e. The molecule has 7 nitrogen and oxygen atoms in total. The Hall–Kier alpha value is -1.67. The van der Waals surface area contributed by atoms with Crippen LogP contribution in [0.4, 0.5) is 0 Å². The van der Waals surface area contributed by atoms with Gasteiger partial charge in [0, 0.05) is 5.56 Å². The van der Waals surface area contributed by atoms with E-state index < -0.39 is 31.1 Å². The van der Waals surface area contributed by atoms with Gasteiger partial charge < -0.3 is 29.9 Å². The lowest BCUT2D eigenvalue weighted by molar-refractivity contribution is -0.177. The van der Waals surface area contributed by atoms with Gasteiger partial charge in [-0.1, -0.05) is 6.07 Å². The number of ether oxygens (including phenoxy) is 2. The number of carboxylic acids is 1. The van der Waals surface area contributed by atoms with Gasteiger partial charge in [0.15, 0.2) is 6.29 Å². The first-order valence-corrected chi connectivity index (χ1v) is 6.40. The molecule has 0 saturated carbocycles. The van der Waals surface area contributed by atoms with Gasteiger partial charge in [0.25, 0.3) is 0 Å². The average Bonchev–Trinajstić information content (AvgIpc) is 2.43. The van der Waals surface area contributed by atoms with Crippen molar-refractivity contribution in [3.8, 4) is 5.75 Å². The van der Waals surface area contributed by atoms with E-state index >= 15 is 0 Å². The monoisotopic (exact) mass is 300 g/mol. The summed E-state index contributed by atoms with van der Waals surface area (Å²) in [5.74, 6) is -0.683. The van der Waals surface area contributed by atoms with E-state index in [1.807, 2.05) is 0 Å². The van der Waals surface area contributed by atoms with Gasteiger partial charge in [0.05, 0.1) is 26.2 Å². The molecule has 3 unspecified atom stereocenters. The molecular weight excluding hydrogens is 280 g/mol. The van der Waals surface area contributed by atoms with E-state index in [0.717, 1.165) is 0 Å². The summed E-state index contributed by atoms with van der Waals surface area (Å²) in [6.07, 6.45) is -3.60. The molecule has 0 spiro atoms. The van der Waals surface area contributed by atoms with Crippen molar-refractivity contribution in [1.29, 1.82) is 0 Å². The lowest BCUT2D eigenvalue weighted by Crippen LogP contribution is -2.31. The number of aliphatic hydroxyl groups excluding tert-OH is 3. The summed E-state index contributed by atoms with van der Waals surface area (Å²) in [4.78, 5) is 10.7. The molecule has 0 amide bonds. The maximum Gasteiger partial charge on any atom is 0.307 e. The van der Waals surface area contributed by atoms with E-state index in [0.29, 0.717) is 11.3 Å². The molecule has 0 fully saturated rings. The van der Waals surface area contributed by atoms with Gasteiger partial charge in [-0.3, -0.25) is 4.79 Å². The molecule has 0 aromatic heterocycles. The number of benzene rings is 1. The molecule has 7 heteroatoms. The highest BCUT2D eigenvalue weighted by Gasteiger charge is 2.22. The molecule has 1 aromatic rings. The quantitative estimate of drug-likeness (QED) is 0.502. The summed E-state index contributed by atoms with van der Waals surface area (Å²) in [7, 11) is 1.40. The number of carbonyl (C=O) groups is 1. The first-order chi connectivity index (χ1) is 9.88. The van der Waals surface area contributed by atoms with E-state index in [4.69, 9.17) is 19.7 Å². The fourth-order valence-corrected chi connectivity index (χ4v) is 1.81. The van der Waals surface area contributed by atoms with Crippen molar-refractivity contribution in [3.63, 3.8) is 0 Å². The maximum absolute atomic E-state index is 10.7. The van der Waals surface area contributed by atoms with Gasteiger partial charge in [-0.05, 0) is 24.6 Å². The van der Waals surface area contributed by atoms with Crippen LogP contribution >= 0.6 is 0 Å². The van der Waals surface area contributed by atoms with Crippen LogP contribution in [0.1, 0.15) is 24.3 Å². The molecule has 0 heterocycles. The molecule has 4 N–H and O–H groups in total. The lowest BCUT2D eigenvalue weighted by atomic mass is 10.1. The Kier molecular flexibility index (Phi) is 6.57. The van der Waals surface area contributed by atoms with Gasteiger partial charge in [-0.25, -0.2) is 0 Å². The molecule has 0 radical (unpaired) electrons. The van der Waals surface area contributed by atoms with Gasteiger partial charge in [0.1, 0.15) is 11.9 Å². The Bertz CT molecular complexity index is 472. The van der Waals surface area contributed by atoms with Crippen LogP contribution in [0, 0.1) is 0 Å². The zero-order valence-corrected chi connectivity index (χ0v) is 11.9. The third-order valence-electron chi connectivity index (χ3n) is 2.94. The van der Waals surface area contributed by atoms with Crippen molar-refractivity contribution in [3.05, 3.63) is 29.3 Å². The predicted octanol–water partition coefficient (Wildman–Crippen LogP) is 0.0715. The minimum atomic E-state index is -1.46. The van der Waals surface area contributed by atoms with E-state index in [-0.39, 0.29) is 12.0 Å². The van der Waals surface area contributed by atoms with Gasteiger partial charge in [0.2, 0.25) is 0 Å².